The van der Waals surface area contributed by atoms with Crippen LogP contribution in [0.25, 0.3) is 11.0 Å². The van der Waals surface area contributed by atoms with Gasteiger partial charge in [-0.3, -0.25) is 4.79 Å². The van der Waals surface area contributed by atoms with E-state index < -0.39 is 18.1 Å². The minimum absolute atomic E-state index is 0.0709. The van der Waals surface area contributed by atoms with Crippen molar-refractivity contribution in [3.05, 3.63) is 70.3 Å². The Morgan fingerprint density at radius 1 is 1.20 bits per heavy atom. The Morgan fingerprint density at radius 3 is 2.72 bits per heavy atom. The van der Waals surface area contributed by atoms with E-state index in [4.69, 9.17) is 11.6 Å². The number of hydrogen-bond acceptors (Lipinski definition) is 4. The van der Waals surface area contributed by atoms with Crippen molar-refractivity contribution >= 4 is 28.5 Å². The normalized spacial score (nSPS) is 17.8. The second-order valence-electron chi connectivity index (χ2n) is 5.88. The van der Waals surface area contributed by atoms with Crippen LogP contribution >= 0.6 is 11.6 Å². The van der Waals surface area contributed by atoms with Crippen molar-refractivity contribution in [2.24, 2.45) is 0 Å². The maximum atomic E-state index is 13.3. The molecule has 1 aliphatic rings. The van der Waals surface area contributed by atoms with E-state index in [0.717, 1.165) is 0 Å². The number of carbonyl (C=O) groups excluding carboxylic acids is 1. The highest BCUT2D eigenvalue weighted by atomic mass is 35.5. The molecule has 0 spiro atoms. The molecule has 2 atom stereocenters. The zero-order valence-electron chi connectivity index (χ0n) is 13.1. The molecule has 0 fully saturated rings. The molecule has 25 heavy (non-hydrogen) atoms. The van der Waals surface area contributed by atoms with Gasteiger partial charge >= 0.3 is 0 Å². The van der Waals surface area contributed by atoms with Crippen molar-refractivity contribution in [2.75, 3.05) is 0 Å². The monoisotopic (exact) mass is 357 g/mol. The smallest absolute Gasteiger partial charge is 0.257 e. The summed E-state index contributed by atoms with van der Waals surface area (Å²) in [6.45, 7) is 1.72. The van der Waals surface area contributed by atoms with Gasteiger partial charge in [0.1, 0.15) is 11.5 Å². The van der Waals surface area contributed by atoms with Crippen LogP contribution in [-0.2, 0) is 0 Å². The second-order valence-corrected chi connectivity index (χ2v) is 6.24. The van der Waals surface area contributed by atoms with Gasteiger partial charge in [-0.15, -0.1) is 0 Å². The summed E-state index contributed by atoms with van der Waals surface area (Å²) in [7, 11) is 0. The molecule has 0 bridgehead atoms. The molecule has 0 aliphatic carbocycles. The average molecular weight is 358 g/mol. The number of aliphatic hydroxyl groups excluding tert-OH is 1. The van der Waals surface area contributed by atoms with Gasteiger partial charge in [0.15, 0.2) is 11.4 Å². The Balaban J connectivity index is 1.78. The predicted octanol–water partition coefficient (Wildman–Crippen LogP) is 3.63. The summed E-state index contributed by atoms with van der Waals surface area (Å²) in [5.74, 6) is -0.730. The van der Waals surface area contributed by atoms with Gasteiger partial charge in [-0.2, -0.15) is 0 Å². The van der Waals surface area contributed by atoms with E-state index in [1.165, 1.54) is 23.1 Å². The van der Waals surface area contributed by atoms with E-state index in [-0.39, 0.29) is 11.1 Å². The Bertz CT molecular complexity index is 1010. The number of rotatable bonds is 2. The first-order valence-corrected chi connectivity index (χ1v) is 8.07. The summed E-state index contributed by atoms with van der Waals surface area (Å²) in [6.07, 6.45) is -1.08. The summed E-state index contributed by atoms with van der Waals surface area (Å²) in [5.41, 5.74) is 2.14. The van der Waals surface area contributed by atoms with Gasteiger partial charge in [0.2, 0.25) is 0 Å². The highest BCUT2D eigenvalue weighted by Crippen LogP contribution is 2.39. The number of carbonyl (C=O) groups is 1. The summed E-state index contributed by atoms with van der Waals surface area (Å²) in [5, 5.41) is 10.6. The lowest BCUT2D eigenvalue weighted by Gasteiger charge is -2.28. The van der Waals surface area contributed by atoms with Gasteiger partial charge in [-0.25, -0.2) is 14.4 Å². The average Bonchev–Trinajstić information content (AvgIpc) is 2.85. The van der Waals surface area contributed by atoms with Crippen LogP contribution in [0.1, 0.15) is 40.8 Å². The van der Waals surface area contributed by atoms with Crippen LogP contribution in [0.4, 0.5) is 4.39 Å². The zero-order valence-corrected chi connectivity index (χ0v) is 13.9. The van der Waals surface area contributed by atoms with Gasteiger partial charge in [-0.1, -0.05) is 29.8 Å². The van der Waals surface area contributed by atoms with Crippen LogP contribution in [-0.4, -0.2) is 25.9 Å². The van der Waals surface area contributed by atoms with Crippen molar-refractivity contribution < 1.29 is 14.3 Å². The maximum absolute atomic E-state index is 13.3. The third-order valence-electron chi connectivity index (χ3n) is 4.39. The van der Waals surface area contributed by atoms with Gasteiger partial charge in [-0.05, 0) is 25.1 Å². The third kappa shape index (κ3) is 2.45. The summed E-state index contributed by atoms with van der Waals surface area (Å²) < 4.78 is 13.3. The molecule has 126 valence electrons. The lowest BCUT2D eigenvalue weighted by molar-refractivity contribution is -0.00108. The summed E-state index contributed by atoms with van der Waals surface area (Å²) in [4.78, 5) is 22.6. The lowest BCUT2D eigenvalue weighted by Crippen LogP contribution is -2.31. The first-order chi connectivity index (χ1) is 12.0. The van der Waals surface area contributed by atoms with Crippen molar-refractivity contribution in [1.29, 1.82) is 0 Å². The van der Waals surface area contributed by atoms with Gasteiger partial charge in [0, 0.05) is 17.2 Å². The van der Waals surface area contributed by atoms with E-state index in [1.54, 1.807) is 31.2 Å². The van der Waals surface area contributed by atoms with Crippen LogP contribution in [0, 0.1) is 5.82 Å². The molecular weight excluding hydrogens is 345 g/mol. The van der Waals surface area contributed by atoms with E-state index in [1.807, 2.05) is 0 Å². The molecular formula is C18H13ClFN3O2. The Hall–Kier alpha value is -2.57. The summed E-state index contributed by atoms with van der Waals surface area (Å²) >= 11 is 6.22. The number of benzene rings is 2. The van der Waals surface area contributed by atoms with Crippen molar-refractivity contribution in [2.45, 2.75) is 19.2 Å². The Kier molecular flexibility index (Phi) is 3.67. The first-order valence-electron chi connectivity index (χ1n) is 7.69. The van der Waals surface area contributed by atoms with E-state index in [2.05, 4.69) is 9.97 Å². The topological polar surface area (TPSA) is 66.3 Å². The number of aliphatic hydroxyl groups is 1. The molecule has 1 N–H and O–H groups in total. The molecule has 7 heteroatoms. The fourth-order valence-corrected chi connectivity index (χ4v) is 3.41. The Morgan fingerprint density at radius 2 is 1.96 bits per heavy atom. The SMILES string of the molecule is CC(c1nc2ccc(F)cc2nc1Cl)N1C(=O)c2ccccc2C1O. The molecule has 1 aromatic heterocycles. The fourth-order valence-electron chi connectivity index (χ4n) is 3.12. The lowest BCUT2D eigenvalue weighted by atomic mass is 10.1. The number of fused-ring (bicyclic) bond motifs is 2. The van der Waals surface area contributed by atoms with Gasteiger partial charge < -0.3 is 10.0 Å². The van der Waals surface area contributed by atoms with Crippen LogP contribution in [0.3, 0.4) is 0 Å². The molecule has 0 saturated carbocycles. The molecule has 0 radical (unpaired) electrons. The molecule has 2 unspecified atom stereocenters. The van der Waals surface area contributed by atoms with Crippen LogP contribution in [0.15, 0.2) is 42.5 Å². The molecule has 1 amide bonds. The second kappa shape index (κ2) is 5.75. The molecule has 3 aromatic rings. The summed E-state index contributed by atoms with van der Waals surface area (Å²) in [6, 6.07) is 10.3. The standard InChI is InChI=1S/C18H13ClFN3O2/c1-9(23-17(24)11-4-2-3-5-12(11)18(23)25)15-16(19)22-14-8-10(20)6-7-13(14)21-15/h2-9,17,24H,1H3. The van der Waals surface area contributed by atoms with Crippen molar-refractivity contribution in [3.63, 3.8) is 0 Å². The van der Waals surface area contributed by atoms with E-state index in [9.17, 15) is 14.3 Å². The highest BCUT2D eigenvalue weighted by molar-refractivity contribution is 6.30. The highest BCUT2D eigenvalue weighted by Gasteiger charge is 2.39. The molecule has 4 rings (SSSR count). The first kappa shape index (κ1) is 15.9. The number of hydrogen-bond donors (Lipinski definition) is 1. The van der Waals surface area contributed by atoms with E-state index in [0.29, 0.717) is 27.9 Å². The van der Waals surface area contributed by atoms with Crippen LogP contribution < -0.4 is 0 Å². The van der Waals surface area contributed by atoms with Crippen LogP contribution in [0.2, 0.25) is 5.15 Å². The minimum atomic E-state index is -1.08. The Labute approximate surface area is 147 Å². The maximum Gasteiger partial charge on any atom is 0.257 e. The number of amides is 1. The molecule has 2 heterocycles. The molecule has 5 nitrogen and oxygen atoms in total. The molecule has 0 saturated heterocycles. The van der Waals surface area contributed by atoms with Crippen molar-refractivity contribution in [1.82, 2.24) is 14.9 Å². The minimum Gasteiger partial charge on any atom is -0.369 e. The number of aromatic nitrogens is 2. The molecule has 2 aromatic carbocycles. The van der Waals surface area contributed by atoms with E-state index >= 15 is 0 Å². The van der Waals surface area contributed by atoms with Gasteiger partial charge in [0.05, 0.1) is 17.1 Å². The largest absolute Gasteiger partial charge is 0.369 e. The van der Waals surface area contributed by atoms with Gasteiger partial charge in [0.25, 0.3) is 5.91 Å². The number of nitrogens with zero attached hydrogens (tertiary/aromatic N) is 3. The fraction of sp³-hybridized carbons (Fsp3) is 0.167. The molecule has 1 aliphatic heterocycles. The number of halogens is 2. The van der Waals surface area contributed by atoms with Crippen molar-refractivity contribution in [3.8, 4) is 0 Å². The zero-order chi connectivity index (χ0) is 17.7. The predicted molar refractivity (Wildman–Crippen MR) is 90.5 cm³/mol. The van der Waals surface area contributed by atoms with Crippen LogP contribution in [0.5, 0.6) is 0 Å². The third-order valence-corrected chi connectivity index (χ3v) is 4.67. The quantitative estimate of drug-likeness (QED) is 0.760.